The molecule has 1 aromatic carbocycles. The third-order valence-corrected chi connectivity index (χ3v) is 4.97. The minimum Gasteiger partial charge on any atom is -0.443 e. The zero-order valence-corrected chi connectivity index (χ0v) is 15.4. The number of hydrogen-bond acceptors (Lipinski definition) is 6. The van der Waals surface area contributed by atoms with Crippen molar-refractivity contribution in [3.05, 3.63) is 35.9 Å². The third kappa shape index (κ3) is 7.45. The van der Waals surface area contributed by atoms with Crippen molar-refractivity contribution in [3.8, 4) is 0 Å². The van der Waals surface area contributed by atoms with Gasteiger partial charge >= 0.3 is 13.7 Å². The van der Waals surface area contributed by atoms with Gasteiger partial charge in [-0.25, -0.2) is 4.79 Å². The second-order valence-electron chi connectivity index (χ2n) is 4.73. The number of carbonyl (C=O) groups excluding carboxylic acids is 1. The molecule has 0 aromatic heterocycles. The zero-order valence-electron chi connectivity index (χ0n) is 14.5. The molecule has 0 aliphatic rings. The number of nitrogens with zero attached hydrogens (tertiary/aromatic N) is 1. The van der Waals surface area contributed by atoms with Crippen molar-refractivity contribution >= 4 is 13.7 Å². The molecule has 0 heterocycles. The Morgan fingerprint density at radius 2 is 1.67 bits per heavy atom. The summed E-state index contributed by atoms with van der Waals surface area (Å²) in [7, 11) is -3.24. The van der Waals surface area contributed by atoms with Crippen molar-refractivity contribution in [2.45, 2.75) is 27.4 Å². The standard InChI is InChI=1S/C16H26NO6P/c1-4-21-17(12-13-24(19,22-5-2)23-6-3)16(18)20-14-15-10-8-7-9-11-15/h7-11H,4-6,12-14H2,1-3H3. The predicted octanol–water partition coefficient (Wildman–Crippen LogP) is 3.84. The highest BCUT2D eigenvalue weighted by Gasteiger charge is 2.27. The Kier molecular flexibility index (Phi) is 9.64. The van der Waals surface area contributed by atoms with E-state index in [0.29, 0.717) is 0 Å². The van der Waals surface area contributed by atoms with Crippen LogP contribution in [-0.4, -0.2) is 43.7 Å². The summed E-state index contributed by atoms with van der Waals surface area (Å²) in [6.45, 7) is 6.24. The van der Waals surface area contributed by atoms with E-state index in [0.717, 1.165) is 10.6 Å². The van der Waals surface area contributed by atoms with Crippen LogP contribution < -0.4 is 0 Å². The third-order valence-electron chi connectivity index (χ3n) is 2.92. The first-order valence-corrected chi connectivity index (χ1v) is 9.76. The van der Waals surface area contributed by atoms with Gasteiger partial charge in [0.25, 0.3) is 0 Å². The van der Waals surface area contributed by atoms with E-state index in [9.17, 15) is 9.36 Å². The van der Waals surface area contributed by atoms with Crippen molar-refractivity contribution in [2.75, 3.05) is 32.5 Å². The fraction of sp³-hybridized carbons (Fsp3) is 0.562. The van der Waals surface area contributed by atoms with Gasteiger partial charge in [-0.15, -0.1) is 0 Å². The largest absolute Gasteiger partial charge is 0.443 e. The molecule has 0 N–H and O–H groups in total. The van der Waals surface area contributed by atoms with Crippen molar-refractivity contribution in [1.82, 2.24) is 5.06 Å². The van der Waals surface area contributed by atoms with Crippen molar-refractivity contribution in [1.29, 1.82) is 0 Å². The summed E-state index contributed by atoms with van der Waals surface area (Å²) in [5, 5.41) is 1.05. The molecule has 0 radical (unpaired) electrons. The lowest BCUT2D eigenvalue weighted by atomic mass is 10.2. The second-order valence-corrected chi connectivity index (χ2v) is 6.92. The van der Waals surface area contributed by atoms with Crippen molar-refractivity contribution in [3.63, 3.8) is 0 Å². The SMILES string of the molecule is CCON(CCP(=O)(OCC)OCC)C(=O)OCc1ccccc1. The van der Waals surface area contributed by atoms with Crippen LogP contribution in [0.2, 0.25) is 0 Å². The van der Waals surface area contributed by atoms with Crippen LogP contribution in [0.15, 0.2) is 30.3 Å². The molecule has 24 heavy (non-hydrogen) atoms. The van der Waals surface area contributed by atoms with Gasteiger partial charge in [0.15, 0.2) is 0 Å². The predicted molar refractivity (Wildman–Crippen MR) is 90.7 cm³/mol. The minimum absolute atomic E-state index is 0.0368. The molecule has 7 nitrogen and oxygen atoms in total. The lowest BCUT2D eigenvalue weighted by molar-refractivity contribution is -0.130. The second kappa shape index (κ2) is 11.2. The highest BCUT2D eigenvalue weighted by molar-refractivity contribution is 7.53. The van der Waals surface area contributed by atoms with Crippen molar-refractivity contribution < 1.29 is 28.0 Å². The van der Waals surface area contributed by atoms with Gasteiger partial charge in [0, 0.05) is 0 Å². The van der Waals surface area contributed by atoms with E-state index in [1.54, 1.807) is 20.8 Å². The summed E-state index contributed by atoms with van der Waals surface area (Å²) in [5.74, 6) is 0. The number of hydroxylamine groups is 2. The molecule has 0 saturated carbocycles. The Hall–Kier alpha value is -1.40. The maximum atomic E-state index is 12.4. The summed E-state index contributed by atoms with van der Waals surface area (Å²) in [5.41, 5.74) is 0.872. The van der Waals surface area contributed by atoms with Crippen molar-refractivity contribution in [2.24, 2.45) is 0 Å². The van der Waals surface area contributed by atoms with Crippen LogP contribution in [0.5, 0.6) is 0 Å². The molecule has 0 unspecified atom stereocenters. The number of benzene rings is 1. The maximum absolute atomic E-state index is 12.4. The summed E-state index contributed by atoms with van der Waals surface area (Å²) in [4.78, 5) is 17.4. The van der Waals surface area contributed by atoms with E-state index >= 15 is 0 Å². The van der Waals surface area contributed by atoms with Gasteiger partial charge in [0.2, 0.25) is 0 Å². The minimum atomic E-state index is -3.24. The molecular formula is C16H26NO6P. The lowest BCUT2D eigenvalue weighted by Gasteiger charge is -2.23. The average Bonchev–Trinajstić information content (AvgIpc) is 2.58. The highest BCUT2D eigenvalue weighted by Crippen LogP contribution is 2.47. The quantitative estimate of drug-likeness (QED) is 0.441. The van der Waals surface area contributed by atoms with Gasteiger partial charge in [-0.3, -0.25) is 9.40 Å². The molecule has 0 saturated heterocycles. The molecule has 0 atom stereocenters. The molecule has 8 heteroatoms. The number of amides is 1. The summed E-state index contributed by atoms with van der Waals surface area (Å²) < 4.78 is 28.1. The van der Waals surface area contributed by atoms with Gasteiger partial charge in [0.1, 0.15) is 6.61 Å². The topological polar surface area (TPSA) is 74.3 Å². The normalized spacial score (nSPS) is 11.3. The van der Waals surface area contributed by atoms with E-state index in [1.165, 1.54) is 0 Å². The molecular weight excluding hydrogens is 333 g/mol. The Balaban J connectivity index is 2.58. The van der Waals surface area contributed by atoms with Gasteiger partial charge < -0.3 is 13.8 Å². The summed E-state index contributed by atoms with van der Waals surface area (Å²) in [6, 6.07) is 9.33. The van der Waals surface area contributed by atoms with Crippen LogP contribution >= 0.6 is 7.60 Å². The Labute approximate surface area is 143 Å². The maximum Gasteiger partial charge on any atom is 0.434 e. The Morgan fingerprint density at radius 3 is 2.21 bits per heavy atom. The number of rotatable bonds is 11. The first-order valence-electron chi connectivity index (χ1n) is 8.03. The lowest BCUT2D eigenvalue weighted by Crippen LogP contribution is -2.34. The molecule has 0 spiro atoms. The molecule has 0 aliphatic carbocycles. The summed E-state index contributed by atoms with van der Waals surface area (Å²) >= 11 is 0. The molecule has 1 amide bonds. The fourth-order valence-electron chi connectivity index (χ4n) is 1.93. The average molecular weight is 359 g/mol. The number of hydrogen-bond donors (Lipinski definition) is 0. The van der Waals surface area contributed by atoms with Gasteiger partial charge in [0.05, 0.1) is 32.5 Å². The van der Waals surface area contributed by atoms with Gasteiger partial charge in [-0.2, -0.15) is 5.06 Å². The van der Waals surface area contributed by atoms with E-state index < -0.39 is 13.7 Å². The van der Waals surface area contributed by atoms with Crippen LogP contribution in [0, 0.1) is 0 Å². The van der Waals surface area contributed by atoms with Crippen LogP contribution in [0.1, 0.15) is 26.3 Å². The monoisotopic (exact) mass is 359 g/mol. The number of ether oxygens (including phenoxy) is 1. The molecule has 0 bridgehead atoms. The highest BCUT2D eigenvalue weighted by atomic mass is 31.2. The van der Waals surface area contributed by atoms with Crippen LogP contribution in [0.3, 0.4) is 0 Å². The van der Waals surface area contributed by atoms with E-state index in [4.69, 9.17) is 18.6 Å². The van der Waals surface area contributed by atoms with Crippen LogP contribution in [0.25, 0.3) is 0 Å². The fourth-order valence-corrected chi connectivity index (χ4v) is 3.47. The van der Waals surface area contributed by atoms with Gasteiger partial charge in [-0.1, -0.05) is 30.3 Å². The molecule has 1 aromatic rings. The van der Waals surface area contributed by atoms with E-state index in [-0.39, 0.29) is 39.1 Å². The number of carbonyl (C=O) groups is 1. The summed E-state index contributed by atoms with van der Waals surface area (Å²) in [6.07, 6.45) is -0.602. The zero-order chi connectivity index (χ0) is 17.8. The van der Waals surface area contributed by atoms with Crippen LogP contribution in [0.4, 0.5) is 4.79 Å². The molecule has 136 valence electrons. The van der Waals surface area contributed by atoms with E-state index in [1.807, 2.05) is 30.3 Å². The van der Waals surface area contributed by atoms with Gasteiger partial charge in [-0.05, 0) is 26.3 Å². The first-order chi connectivity index (χ1) is 11.5. The molecule has 0 aliphatic heterocycles. The first kappa shape index (κ1) is 20.6. The van der Waals surface area contributed by atoms with Crippen LogP contribution in [-0.2, 0) is 29.8 Å². The van der Waals surface area contributed by atoms with E-state index in [2.05, 4.69) is 0 Å². The molecule has 0 fully saturated rings. The Bertz CT molecular complexity index is 515. The molecule has 1 rings (SSSR count). The Morgan fingerprint density at radius 1 is 1.04 bits per heavy atom. The smallest absolute Gasteiger partial charge is 0.434 e.